The van der Waals surface area contributed by atoms with Crippen LogP contribution in [-0.4, -0.2) is 36.8 Å². The summed E-state index contributed by atoms with van der Waals surface area (Å²) in [5, 5.41) is 8.90. The van der Waals surface area contributed by atoms with Crippen LogP contribution in [-0.2, 0) is 17.9 Å². The maximum absolute atomic E-state index is 8.90. The average molecular weight is 223 g/mol. The third-order valence-corrected chi connectivity index (χ3v) is 2.60. The van der Waals surface area contributed by atoms with Crippen LogP contribution >= 0.6 is 0 Å². The lowest BCUT2D eigenvalue weighted by molar-refractivity contribution is 0.184. The Hall–Kier alpha value is -0.900. The van der Waals surface area contributed by atoms with Gasteiger partial charge in [-0.2, -0.15) is 0 Å². The molecule has 0 unspecified atom stereocenters. The molecule has 0 fully saturated rings. The van der Waals surface area contributed by atoms with E-state index < -0.39 is 0 Å². The number of likely N-dealkylation sites (N-methyl/N-ethyl adjacent to an activating group) is 1. The summed E-state index contributed by atoms with van der Waals surface area (Å²) >= 11 is 0. The first-order valence-electron chi connectivity index (χ1n) is 5.70. The predicted molar refractivity (Wildman–Crippen MR) is 65.2 cm³/mol. The molecule has 0 saturated carbocycles. The summed E-state index contributed by atoms with van der Waals surface area (Å²) in [6, 6.07) is 8.42. The van der Waals surface area contributed by atoms with E-state index in [4.69, 9.17) is 9.84 Å². The molecule has 0 radical (unpaired) electrons. The van der Waals surface area contributed by atoms with Crippen molar-refractivity contribution in [3.05, 3.63) is 35.4 Å². The van der Waals surface area contributed by atoms with Crippen LogP contribution in [0.15, 0.2) is 24.3 Å². The van der Waals surface area contributed by atoms with Gasteiger partial charge in [0.05, 0.1) is 13.2 Å². The first kappa shape index (κ1) is 13.2. The van der Waals surface area contributed by atoms with Crippen molar-refractivity contribution in [3.63, 3.8) is 0 Å². The summed E-state index contributed by atoms with van der Waals surface area (Å²) in [7, 11) is 1.70. The molecule has 0 saturated heterocycles. The summed E-state index contributed by atoms with van der Waals surface area (Å²) in [6.07, 6.45) is 0. The number of aliphatic hydroxyl groups excluding tert-OH is 1. The van der Waals surface area contributed by atoms with Gasteiger partial charge in [0.25, 0.3) is 0 Å². The van der Waals surface area contributed by atoms with Crippen LogP contribution in [0.25, 0.3) is 0 Å². The van der Waals surface area contributed by atoms with Crippen LogP contribution < -0.4 is 0 Å². The fourth-order valence-corrected chi connectivity index (χ4v) is 1.66. The van der Waals surface area contributed by atoms with Gasteiger partial charge in [0.15, 0.2) is 0 Å². The molecule has 3 heteroatoms. The SMILES string of the molecule is CCN(CCO)Cc1ccc(COC)cc1. The van der Waals surface area contributed by atoms with Gasteiger partial charge < -0.3 is 9.84 Å². The first-order chi connectivity index (χ1) is 7.80. The second-order valence-corrected chi connectivity index (χ2v) is 3.84. The Balaban J connectivity index is 2.53. The molecule has 0 spiro atoms. The Labute approximate surface area is 97.7 Å². The van der Waals surface area contributed by atoms with Crippen LogP contribution in [0.2, 0.25) is 0 Å². The van der Waals surface area contributed by atoms with E-state index in [2.05, 4.69) is 36.1 Å². The minimum absolute atomic E-state index is 0.218. The smallest absolute Gasteiger partial charge is 0.0713 e. The van der Waals surface area contributed by atoms with Gasteiger partial charge in [-0.25, -0.2) is 0 Å². The third kappa shape index (κ3) is 4.31. The molecule has 1 aromatic carbocycles. The molecule has 90 valence electrons. The molecule has 0 atom stereocenters. The van der Waals surface area contributed by atoms with E-state index in [-0.39, 0.29) is 6.61 Å². The van der Waals surface area contributed by atoms with Crippen LogP contribution in [0, 0.1) is 0 Å². The molecule has 1 rings (SSSR count). The lowest BCUT2D eigenvalue weighted by Gasteiger charge is -2.19. The lowest BCUT2D eigenvalue weighted by Crippen LogP contribution is -2.26. The number of hydrogen-bond acceptors (Lipinski definition) is 3. The van der Waals surface area contributed by atoms with Crippen molar-refractivity contribution >= 4 is 0 Å². The van der Waals surface area contributed by atoms with Gasteiger partial charge in [-0.3, -0.25) is 4.90 Å². The summed E-state index contributed by atoms with van der Waals surface area (Å²) in [5.74, 6) is 0. The fourth-order valence-electron chi connectivity index (χ4n) is 1.66. The largest absolute Gasteiger partial charge is 0.395 e. The Kier molecular flexibility index (Phi) is 6.08. The molecular weight excluding hydrogens is 202 g/mol. The van der Waals surface area contributed by atoms with Gasteiger partial charge in [0, 0.05) is 20.2 Å². The molecule has 0 aromatic heterocycles. The van der Waals surface area contributed by atoms with Crippen molar-refractivity contribution in [2.75, 3.05) is 26.8 Å². The van der Waals surface area contributed by atoms with Gasteiger partial charge >= 0.3 is 0 Å². The monoisotopic (exact) mass is 223 g/mol. The summed E-state index contributed by atoms with van der Waals surface area (Å²) < 4.78 is 5.07. The van der Waals surface area contributed by atoms with Gasteiger partial charge in [-0.15, -0.1) is 0 Å². The van der Waals surface area contributed by atoms with E-state index in [1.807, 2.05) is 0 Å². The number of benzene rings is 1. The summed E-state index contributed by atoms with van der Waals surface area (Å²) in [6.45, 7) is 5.57. The third-order valence-electron chi connectivity index (χ3n) is 2.60. The molecule has 0 aliphatic carbocycles. The van der Waals surface area contributed by atoms with Crippen molar-refractivity contribution < 1.29 is 9.84 Å². The van der Waals surface area contributed by atoms with Gasteiger partial charge in [-0.1, -0.05) is 31.2 Å². The molecule has 1 N–H and O–H groups in total. The van der Waals surface area contributed by atoms with Gasteiger partial charge in [0.2, 0.25) is 0 Å². The second-order valence-electron chi connectivity index (χ2n) is 3.84. The highest BCUT2D eigenvalue weighted by atomic mass is 16.5. The van der Waals surface area contributed by atoms with Gasteiger partial charge in [0.1, 0.15) is 0 Å². The molecule has 16 heavy (non-hydrogen) atoms. The number of methoxy groups -OCH3 is 1. The zero-order valence-electron chi connectivity index (χ0n) is 10.1. The van der Waals surface area contributed by atoms with Crippen molar-refractivity contribution in [2.45, 2.75) is 20.1 Å². The average Bonchev–Trinajstić information content (AvgIpc) is 2.31. The van der Waals surface area contributed by atoms with Crippen LogP contribution in [0.1, 0.15) is 18.1 Å². The molecule has 0 aliphatic heterocycles. The molecule has 0 aliphatic rings. The molecule has 1 aromatic rings. The Bertz CT molecular complexity index is 284. The highest BCUT2D eigenvalue weighted by Crippen LogP contribution is 2.08. The normalized spacial score (nSPS) is 11.0. The van der Waals surface area contributed by atoms with E-state index in [0.29, 0.717) is 6.61 Å². The van der Waals surface area contributed by atoms with E-state index in [0.717, 1.165) is 19.6 Å². The van der Waals surface area contributed by atoms with Crippen LogP contribution in [0.5, 0.6) is 0 Å². The van der Waals surface area contributed by atoms with E-state index in [1.54, 1.807) is 7.11 Å². The Morgan fingerprint density at radius 1 is 1.19 bits per heavy atom. The molecule has 0 bridgehead atoms. The number of ether oxygens (including phenoxy) is 1. The first-order valence-corrected chi connectivity index (χ1v) is 5.70. The molecule has 0 heterocycles. The molecular formula is C13H21NO2. The van der Waals surface area contributed by atoms with E-state index >= 15 is 0 Å². The highest BCUT2D eigenvalue weighted by Gasteiger charge is 2.02. The standard InChI is InChI=1S/C13H21NO2/c1-3-14(8-9-15)10-12-4-6-13(7-5-12)11-16-2/h4-7,15H,3,8-11H2,1-2H3. The Morgan fingerprint density at radius 3 is 2.31 bits per heavy atom. The fraction of sp³-hybridized carbons (Fsp3) is 0.538. The topological polar surface area (TPSA) is 32.7 Å². The number of aliphatic hydroxyl groups is 1. The zero-order chi connectivity index (χ0) is 11.8. The zero-order valence-corrected chi connectivity index (χ0v) is 10.1. The van der Waals surface area contributed by atoms with E-state index in [9.17, 15) is 0 Å². The van der Waals surface area contributed by atoms with Crippen LogP contribution in [0.3, 0.4) is 0 Å². The lowest BCUT2D eigenvalue weighted by atomic mass is 10.1. The van der Waals surface area contributed by atoms with Crippen LogP contribution in [0.4, 0.5) is 0 Å². The molecule has 3 nitrogen and oxygen atoms in total. The number of rotatable bonds is 7. The van der Waals surface area contributed by atoms with Crippen molar-refractivity contribution in [2.24, 2.45) is 0 Å². The van der Waals surface area contributed by atoms with Crippen molar-refractivity contribution in [3.8, 4) is 0 Å². The number of hydrogen-bond donors (Lipinski definition) is 1. The predicted octanol–water partition coefficient (Wildman–Crippen LogP) is 1.65. The maximum Gasteiger partial charge on any atom is 0.0713 e. The maximum atomic E-state index is 8.90. The van der Waals surface area contributed by atoms with Crippen molar-refractivity contribution in [1.82, 2.24) is 4.90 Å². The quantitative estimate of drug-likeness (QED) is 0.763. The molecule has 0 amide bonds. The highest BCUT2D eigenvalue weighted by molar-refractivity contribution is 5.21. The minimum Gasteiger partial charge on any atom is -0.395 e. The number of nitrogens with zero attached hydrogens (tertiary/aromatic N) is 1. The second kappa shape index (κ2) is 7.39. The minimum atomic E-state index is 0.218. The van der Waals surface area contributed by atoms with Crippen molar-refractivity contribution in [1.29, 1.82) is 0 Å². The Morgan fingerprint density at radius 2 is 1.81 bits per heavy atom. The summed E-state index contributed by atoms with van der Waals surface area (Å²) in [4.78, 5) is 2.21. The van der Waals surface area contributed by atoms with E-state index in [1.165, 1.54) is 11.1 Å². The van der Waals surface area contributed by atoms with Gasteiger partial charge in [-0.05, 0) is 17.7 Å². The summed E-state index contributed by atoms with van der Waals surface area (Å²) in [5.41, 5.74) is 2.46.